The molecule has 7 heteroatoms. The third-order valence-corrected chi connectivity index (χ3v) is 4.09. The zero-order valence-electron chi connectivity index (χ0n) is 12.6. The molecule has 3 N–H and O–H groups in total. The van der Waals surface area contributed by atoms with Gasteiger partial charge in [0.15, 0.2) is 0 Å². The normalized spacial score (nSPS) is 19.9. The van der Waals surface area contributed by atoms with E-state index in [-0.39, 0.29) is 18.0 Å². The van der Waals surface area contributed by atoms with Crippen LogP contribution in [-0.4, -0.2) is 21.9 Å². The third-order valence-electron chi connectivity index (χ3n) is 4.09. The molecule has 23 heavy (non-hydrogen) atoms. The van der Waals surface area contributed by atoms with E-state index in [4.69, 9.17) is 14.9 Å². The van der Waals surface area contributed by atoms with Crippen LogP contribution < -0.4 is 15.8 Å². The van der Waals surface area contributed by atoms with E-state index in [0.717, 1.165) is 23.5 Å². The number of rotatable bonds is 3. The maximum Gasteiger partial charge on any atom is 0.241 e. The first-order chi connectivity index (χ1) is 11.2. The Bertz CT molecular complexity index is 795. The van der Waals surface area contributed by atoms with E-state index in [1.807, 2.05) is 36.4 Å². The minimum atomic E-state index is -0.0434. The van der Waals surface area contributed by atoms with Crippen molar-refractivity contribution >= 4 is 11.9 Å². The van der Waals surface area contributed by atoms with Gasteiger partial charge in [0.2, 0.25) is 11.9 Å². The van der Waals surface area contributed by atoms with Gasteiger partial charge in [-0.05, 0) is 29.8 Å². The number of benzene rings is 1. The molecule has 3 aromatic rings. The molecule has 0 bridgehead atoms. The number of anilines is 2. The molecular formula is C16H17N5O2. The predicted octanol–water partition coefficient (Wildman–Crippen LogP) is 2.61. The van der Waals surface area contributed by atoms with Crippen LogP contribution in [0, 0.1) is 0 Å². The molecule has 1 aliphatic rings. The Morgan fingerprint density at radius 1 is 1.30 bits per heavy atom. The molecular weight excluding hydrogens is 294 g/mol. The molecule has 0 aliphatic carbocycles. The Labute approximate surface area is 133 Å². The zero-order chi connectivity index (χ0) is 15.8. The van der Waals surface area contributed by atoms with Gasteiger partial charge >= 0.3 is 0 Å². The predicted molar refractivity (Wildman–Crippen MR) is 85.3 cm³/mol. The summed E-state index contributed by atoms with van der Waals surface area (Å²) in [5.41, 5.74) is 6.91. The molecule has 118 valence electrons. The SMILES string of the molecule is COc1ccc([C@H]2C[C@H](c3ccco3)n3nc(N)nc3N2)cc1. The number of methoxy groups -OCH3 is 1. The maximum atomic E-state index is 5.77. The van der Waals surface area contributed by atoms with Gasteiger partial charge in [-0.15, -0.1) is 5.10 Å². The molecule has 0 radical (unpaired) electrons. The second kappa shape index (κ2) is 5.35. The van der Waals surface area contributed by atoms with Crippen molar-refractivity contribution in [1.82, 2.24) is 14.8 Å². The van der Waals surface area contributed by atoms with Crippen LogP contribution in [0.2, 0.25) is 0 Å². The van der Waals surface area contributed by atoms with Crippen LogP contribution in [-0.2, 0) is 0 Å². The molecule has 7 nitrogen and oxygen atoms in total. The molecule has 0 unspecified atom stereocenters. The first-order valence-electron chi connectivity index (χ1n) is 7.40. The smallest absolute Gasteiger partial charge is 0.241 e. The van der Waals surface area contributed by atoms with E-state index in [1.165, 1.54) is 0 Å². The molecule has 0 saturated heterocycles. The number of nitrogens with one attached hydrogen (secondary N) is 1. The summed E-state index contributed by atoms with van der Waals surface area (Å²) < 4.78 is 12.6. The fourth-order valence-electron chi connectivity index (χ4n) is 2.97. The lowest BCUT2D eigenvalue weighted by atomic mass is 9.96. The van der Waals surface area contributed by atoms with Crippen molar-refractivity contribution in [3.8, 4) is 5.75 Å². The van der Waals surface area contributed by atoms with Crippen LogP contribution in [0.15, 0.2) is 47.1 Å². The Morgan fingerprint density at radius 2 is 2.13 bits per heavy atom. The fourth-order valence-corrected chi connectivity index (χ4v) is 2.97. The van der Waals surface area contributed by atoms with Crippen molar-refractivity contribution in [2.45, 2.75) is 18.5 Å². The van der Waals surface area contributed by atoms with Gasteiger partial charge in [0.05, 0.1) is 19.4 Å². The van der Waals surface area contributed by atoms with Crippen molar-refractivity contribution in [2.75, 3.05) is 18.2 Å². The second-order valence-corrected chi connectivity index (χ2v) is 5.48. The highest BCUT2D eigenvalue weighted by atomic mass is 16.5. The van der Waals surface area contributed by atoms with E-state index in [1.54, 1.807) is 18.1 Å². The number of aromatic nitrogens is 3. The standard InChI is InChI=1S/C16H17N5O2/c1-22-11-6-4-10(5-7-11)12-9-13(14-3-2-8-23-14)21-16(18-12)19-15(17)20-21/h2-8,12-13H,9H2,1H3,(H3,17,18,19,20)/t12-,13-/m1/s1. The molecule has 0 amide bonds. The van der Waals surface area contributed by atoms with Crippen LogP contribution in [0.3, 0.4) is 0 Å². The number of ether oxygens (including phenoxy) is 1. The number of nitrogens with two attached hydrogens (primary N) is 1. The first-order valence-corrected chi connectivity index (χ1v) is 7.40. The van der Waals surface area contributed by atoms with Crippen molar-refractivity contribution in [3.05, 3.63) is 54.0 Å². The fraction of sp³-hybridized carbons (Fsp3) is 0.250. The maximum absolute atomic E-state index is 5.77. The highest BCUT2D eigenvalue weighted by molar-refractivity contribution is 5.41. The second-order valence-electron chi connectivity index (χ2n) is 5.48. The number of nitrogen functional groups attached to an aromatic ring is 1. The summed E-state index contributed by atoms with van der Waals surface area (Å²) in [6.07, 6.45) is 2.45. The average molecular weight is 311 g/mol. The van der Waals surface area contributed by atoms with Gasteiger partial charge in [-0.3, -0.25) is 0 Å². The van der Waals surface area contributed by atoms with Crippen LogP contribution >= 0.6 is 0 Å². The average Bonchev–Trinajstić information content (AvgIpc) is 3.22. The Balaban J connectivity index is 1.71. The van der Waals surface area contributed by atoms with Gasteiger partial charge in [0, 0.05) is 6.42 Å². The van der Waals surface area contributed by atoms with Gasteiger partial charge in [-0.25, -0.2) is 4.68 Å². The molecule has 2 atom stereocenters. The number of hydrogen-bond donors (Lipinski definition) is 2. The molecule has 1 aromatic carbocycles. The van der Waals surface area contributed by atoms with Gasteiger partial charge in [0.1, 0.15) is 17.6 Å². The lowest BCUT2D eigenvalue weighted by Gasteiger charge is -2.30. The van der Waals surface area contributed by atoms with Gasteiger partial charge in [-0.2, -0.15) is 4.98 Å². The quantitative estimate of drug-likeness (QED) is 0.772. The molecule has 3 heterocycles. The van der Waals surface area contributed by atoms with Crippen molar-refractivity contribution in [2.24, 2.45) is 0 Å². The summed E-state index contributed by atoms with van der Waals surface area (Å²) in [6, 6.07) is 11.9. The number of furan rings is 1. The van der Waals surface area contributed by atoms with E-state index in [9.17, 15) is 0 Å². The molecule has 0 fully saturated rings. The third kappa shape index (κ3) is 2.40. The van der Waals surface area contributed by atoms with Gasteiger partial charge < -0.3 is 20.2 Å². The van der Waals surface area contributed by atoms with Crippen molar-refractivity contribution < 1.29 is 9.15 Å². The monoisotopic (exact) mass is 311 g/mol. The molecule has 0 spiro atoms. The molecule has 4 rings (SSSR count). The van der Waals surface area contributed by atoms with Crippen molar-refractivity contribution in [1.29, 1.82) is 0 Å². The van der Waals surface area contributed by atoms with Gasteiger partial charge in [0.25, 0.3) is 0 Å². The van der Waals surface area contributed by atoms with E-state index >= 15 is 0 Å². The number of hydrogen-bond acceptors (Lipinski definition) is 6. The largest absolute Gasteiger partial charge is 0.497 e. The molecule has 2 aromatic heterocycles. The summed E-state index contributed by atoms with van der Waals surface area (Å²) >= 11 is 0. The highest BCUT2D eigenvalue weighted by Crippen LogP contribution is 2.38. The summed E-state index contributed by atoms with van der Waals surface area (Å²) in [7, 11) is 1.66. The van der Waals surface area contributed by atoms with Crippen LogP contribution in [0.25, 0.3) is 0 Å². The molecule has 1 aliphatic heterocycles. The lowest BCUT2D eigenvalue weighted by Crippen LogP contribution is -2.27. The Morgan fingerprint density at radius 3 is 2.83 bits per heavy atom. The first kappa shape index (κ1) is 13.7. The van der Waals surface area contributed by atoms with Crippen LogP contribution in [0.1, 0.15) is 29.8 Å². The minimum Gasteiger partial charge on any atom is -0.497 e. The number of fused-ring (bicyclic) bond motifs is 1. The Kier molecular flexibility index (Phi) is 3.18. The van der Waals surface area contributed by atoms with Crippen LogP contribution in [0.5, 0.6) is 5.75 Å². The molecule has 0 saturated carbocycles. The topological polar surface area (TPSA) is 91.1 Å². The lowest BCUT2D eigenvalue weighted by molar-refractivity contribution is 0.358. The van der Waals surface area contributed by atoms with E-state index in [2.05, 4.69) is 15.4 Å². The minimum absolute atomic E-state index is 0.0434. The zero-order valence-corrected chi connectivity index (χ0v) is 12.6. The summed E-state index contributed by atoms with van der Waals surface area (Å²) in [5, 5.41) is 7.68. The van der Waals surface area contributed by atoms with E-state index < -0.39 is 0 Å². The van der Waals surface area contributed by atoms with Gasteiger partial charge in [-0.1, -0.05) is 12.1 Å². The summed E-state index contributed by atoms with van der Waals surface area (Å²) in [5.74, 6) is 2.58. The van der Waals surface area contributed by atoms with Crippen LogP contribution in [0.4, 0.5) is 11.9 Å². The van der Waals surface area contributed by atoms with Crippen molar-refractivity contribution in [3.63, 3.8) is 0 Å². The highest BCUT2D eigenvalue weighted by Gasteiger charge is 2.32. The summed E-state index contributed by atoms with van der Waals surface area (Å²) in [4.78, 5) is 4.27. The summed E-state index contributed by atoms with van der Waals surface area (Å²) in [6.45, 7) is 0. The Hall–Kier alpha value is -2.96. The number of nitrogens with zero attached hydrogens (tertiary/aromatic N) is 3. The van der Waals surface area contributed by atoms with E-state index in [0.29, 0.717) is 5.95 Å².